The molecule has 0 amide bonds. The van der Waals surface area contributed by atoms with E-state index in [9.17, 15) is 0 Å². The number of H-pyrrole nitrogens is 1. The average Bonchev–Trinajstić information content (AvgIpc) is 2.52. The summed E-state index contributed by atoms with van der Waals surface area (Å²) >= 11 is 6.69. The summed E-state index contributed by atoms with van der Waals surface area (Å²) in [5.74, 6) is 0. The van der Waals surface area contributed by atoms with Crippen molar-refractivity contribution in [3.63, 3.8) is 0 Å². The van der Waals surface area contributed by atoms with Crippen LogP contribution in [-0.2, 0) is 0 Å². The van der Waals surface area contributed by atoms with Crippen LogP contribution in [0.15, 0.2) is 39.7 Å². The number of nitrogens with one attached hydrogen (secondary N) is 1. The number of hydrogen-bond donors (Lipinski definition) is 1. The minimum Gasteiger partial charge on any atom is -0.333 e. The first kappa shape index (κ1) is 8.97. The maximum absolute atomic E-state index is 4.07. The van der Waals surface area contributed by atoms with Crippen molar-refractivity contribution in [2.45, 2.75) is 0 Å². The molecule has 0 aliphatic heterocycles. The van der Waals surface area contributed by atoms with Gasteiger partial charge in [0.1, 0.15) is 0 Å². The standard InChI is InChI=1S/C9H6Br2N2/c10-7-3-1-2-6(4-7)8-5-12-9(11)13-8/h1-5H,(H,12,13). The molecule has 0 aliphatic rings. The fraction of sp³-hybridized carbons (Fsp3) is 0. The molecule has 0 unspecified atom stereocenters. The van der Waals surface area contributed by atoms with Crippen molar-refractivity contribution in [2.75, 3.05) is 0 Å². The molecule has 0 bridgehead atoms. The van der Waals surface area contributed by atoms with E-state index in [1.54, 1.807) is 6.20 Å². The summed E-state index contributed by atoms with van der Waals surface area (Å²) in [6.07, 6.45) is 1.80. The zero-order valence-corrected chi connectivity index (χ0v) is 9.76. The Morgan fingerprint density at radius 2 is 2.08 bits per heavy atom. The van der Waals surface area contributed by atoms with Crippen molar-refractivity contribution in [1.29, 1.82) is 0 Å². The molecule has 1 aromatic carbocycles. The molecule has 4 heteroatoms. The molecule has 2 nitrogen and oxygen atoms in total. The molecule has 1 N–H and O–H groups in total. The third-order valence-corrected chi connectivity index (χ3v) is 2.58. The Morgan fingerprint density at radius 3 is 2.69 bits per heavy atom. The van der Waals surface area contributed by atoms with E-state index in [1.165, 1.54) is 0 Å². The lowest BCUT2D eigenvalue weighted by Crippen LogP contribution is -1.76. The summed E-state index contributed by atoms with van der Waals surface area (Å²) in [5.41, 5.74) is 2.13. The first-order chi connectivity index (χ1) is 6.25. The highest BCUT2D eigenvalue weighted by Gasteiger charge is 2.00. The molecule has 0 spiro atoms. The van der Waals surface area contributed by atoms with Gasteiger partial charge in [-0.3, -0.25) is 0 Å². The molecule has 0 aliphatic carbocycles. The van der Waals surface area contributed by atoms with Crippen LogP contribution >= 0.6 is 31.9 Å². The number of benzene rings is 1. The highest BCUT2D eigenvalue weighted by Crippen LogP contribution is 2.22. The van der Waals surface area contributed by atoms with Crippen molar-refractivity contribution in [3.05, 3.63) is 39.7 Å². The van der Waals surface area contributed by atoms with Gasteiger partial charge in [-0.2, -0.15) is 0 Å². The molecular formula is C9H6Br2N2. The Morgan fingerprint density at radius 1 is 1.23 bits per heavy atom. The molecule has 2 rings (SSSR count). The Labute approximate surface area is 92.7 Å². The number of imidazole rings is 1. The van der Waals surface area contributed by atoms with Crippen LogP contribution in [0.3, 0.4) is 0 Å². The average molecular weight is 302 g/mol. The van der Waals surface area contributed by atoms with E-state index < -0.39 is 0 Å². The predicted octanol–water partition coefficient (Wildman–Crippen LogP) is 3.60. The second-order valence-electron chi connectivity index (χ2n) is 2.60. The first-order valence-corrected chi connectivity index (χ1v) is 5.31. The minimum atomic E-state index is 0.752. The summed E-state index contributed by atoms with van der Waals surface area (Å²) in [7, 11) is 0. The predicted molar refractivity (Wildman–Crippen MR) is 59.4 cm³/mol. The van der Waals surface area contributed by atoms with E-state index in [2.05, 4.69) is 41.8 Å². The topological polar surface area (TPSA) is 28.7 Å². The molecule has 1 aromatic heterocycles. The van der Waals surface area contributed by atoms with Crippen molar-refractivity contribution in [2.24, 2.45) is 0 Å². The van der Waals surface area contributed by atoms with Gasteiger partial charge in [-0.15, -0.1) is 0 Å². The van der Waals surface area contributed by atoms with Crippen LogP contribution in [0.1, 0.15) is 0 Å². The van der Waals surface area contributed by atoms with Crippen LogP contribution in [0.4, 0.5) is 0 Å². The van der Waals surface area contributed by atoms with Crippen molar-refractivity contribution in [1.82, 2.24) is 9.97 Å². The van der Waals surface area contributed by atoms with Gasteiger partial charge in [0.25, 0.3) is 0 Å². The van der Waals surface area contributed by atoms with Crippen molar-refractivity contribution < 1.29 is 0 Å². The minimum absolute atomic E-state index is 0.752. The number of nitrogens with zero attached hydrogens (tertiary/aromatic N) is 1. The van der Waals surface area contributed by atoms with E-state index in [0.717, 1.165) is 20.5 Å². The van der Waals surface area contributed by atoms with E-state index >= 15 is 0 Å². The van der Waals surface area contributed by atoms with Gasteiger partial charge in [-0.25, -0.2) is 4.98 Å². The fourth-order valence-electron chi connectivity index (χ4n) is 1.10. The third-order valence-electron chi connectivity index (χ3n) is 1.68. The Kier molecular flexibility index (Phi) is 2.51. The summed E-state index contributed by atoms with van der Waals surface area (Å²) in [5, 5.41) is 0. The van der Waals surface area contributed by atoms with Gasteiger partial charge in [-0.05, 0) is 28.1 Å². The molecule has 0 atom stereocenters. The van der Waals surface area contributed by atoms with Gasteiger partial charge < -0.3 is 4.98 Å². The Hall–Kier alpha value is -0.610. The fourth-order valence-corrected chi connectivity index (χ4v) is 1.81. The lowest BCUT2D eigenvalue weighted by molar-refractivity contribution is 1.24. The summed E-state index contributed by atoms with van der Waals surface area (Å²) in [4.78, 5) is 7.17. The number of aromatic amines is 1. The third kappa shape index (κ3) is 2.00. The SMILES string of the molecule is Brc1cccc(-c2cnc(Br)[nH]2)c1. The highest BCUT2D eigenvalue weighted by atomic mass is 79.9. The second kappa shape index (κ2) is 3.64. The van der Waals surface area contributed by atoms with Gasteiger partial charge in [0.05, 0.1) is 11.9 Å². The molecule has 2 aromatic rings. The van der Waals surface area contributed by atoms with E-state index in [-0.39, 0.29) is 0 Å². The molecule has 1 heterocycles. The molecule has 0 radical (unpaired) electrons. The molecule has 0 fully saturated rings. The van der Waals surface area contributed by atoms with E-state index in [4.69, 9.17) is 0 Å². The van der Waals surface area contributed by atoms with Crippen LogP contribution in [0.5, 0.6) is 0 Å². The number of rotatable bonds is 1. The molecule has 13 heavy (non-hydrogen) atoms. The van der Waals surface area contributed by atoms with Crippen LogP contribution in [-0.4, -0.2) is 9.97 Å². The van der Waals surface area contributed by atoms with Crippen LogP contribution in [0.2, 0.25) is 0 Å². The first-order valence-electron chi connectivity index (χ1n) is 3.72. The van der Waals surface area contributed by atoms with E-state index in [0.29, 0.717) is 0 Å². The number of aromatic nitrogens is 2. The maximum atomic E-state index is 4.07. The highest BCUT2D eigenvalue weighted by molar-refractivity contribution is 9.10. The summed E-state index contributed by atoms with van der Waals surface area (Å²) in [6.45, 7) is 0. The quantitative estimate of drug-likeness (QED) is 0.856. The van der Waals surface area contributed by atoms with Crippen molar-refractivity contribution in [3.8, 4) is 11.3 Å². The number of hydrogen-bond acceptors (Lipinski definition) is 1. The van der Waals surface area contributed by atoms with Gasteiger partial charge in [0.15, 0.2) is 4.73 Å². The molecular weight excluding hydrogens is 296 g/mol. The lowest BCUT2D eigenvalue weighted by atomic mass is 10.2. The Bertz CT molecular complexity index is 423. The van der Waals surface area contributed by atoms with Gasteiger partial charge >= 0.3 is 0 Å². The van der Waals surface area contributed by atoms with Crippen LogP contribution in [0, 0.1) is 0 Å². The van der Waals surface area contributed by atoms with E-state index in [1.807, 2.05) is 24.3 Å². The van der Waals surface area contributed by atoms with Crippen LogP contribution in [0.25, 0.3) is 11.3 Å². The van der Waals surface area contributed by atoms with Gasteiger partial charge in [0, 0.05) is 10.0 Å². The van der Waals surface area contributed by atoms with Crippen LogP contribution < -0.4 is 0 Å². The zero-order chi connectivity index (χ0) is 9.26. The number of halogens is 2. The summed E-state index contributed by atoms with van der Waals surface area (Å²) in [6, 6.07) is 8.06. The molecule has 66 valence electrons. The van der Waals surface area contributed by atoms with Gasteiger partial charge in [-0.1, -0.05) is 28.1 Å². The van der Waals surface area contributed by atoms with Gasteiger partial charge in [0.2, 0.25) is 0 Å². The monoisotopic (exact) mass is 300 g/mol. The normalized spacial score (nSPS) is 10.3. The summed E-state index contributed by atoms with van der Waals surface area (Å²) < 4.78 is 1.82. The molecule has 0 saturated heterocycles. The van der Waals surface area contributed by atoms with Crippen molar-refractivity contribution >= 4 is 31.9 Å². The smallest absolute Gasteiger partial charge is 0.174 e. The lowest BCUT2D eigenvalue weighted by Gasteiger charge is -1.96. The maximum Gasteiger partial charge on any atom is 0.174 e. The Balaban J connectivity index is 2.46. The molecule has 0 saturated carbocycles. The zero-order valence-electron chi connectivity index (χ0n) is 6.59. The second-order valence-corrected chi connectivity index (χ2v) is 4.26. The largest absolute Gasteiger partial charge is 0.333 e.